The zero-order valence-electron chi connectivity index (χ0n) is 20.2. The number of hydrogen-bond acceptors (Lipinski definition) is 5. The molecule has 3 aromatic rings. The van der Waals surface area contributed by atoms with E-state index in [0.29, 0.717) is 12.1 Å². The van der Waals surface area contributed by atoms with Crippen LogP contribution in [-0.2, 0) is 27.0 Å². The van der Waals surface area contributed by atoms with Crippen molar-refractivity contribution < 1.29 is 32.3 Å². The van der Waals surface area contributed by atoms with E-state index in [-0.39, 0.29) is 20.8 Å². The molecule has 0 aliphatic carbocycles. The first-order valence-corrected chi connectivity index (χ1v) is 12.5. The summed E-state index contributed by atoms with van der Waals surface area (Å²) >= 11 is 8.99. The van der Waals surface area contributed by atoms with Crippen molar-refractivity contribution in [1.29, 1.82) is 0 Å². The van der Waals surface area contributed by atoms with Crippen molar-refractivity contribution in [3.05, 3.63) is 86.8 Å². The van der Waals surface area contributed by atoms with Gasteiger partial charge >= 0.3 is 18.0 Å². The summed E-state index contributed by atoms with van der Waals surface area (Å²) in [5.41, 5.74) is 2.21. The second-order valence-corrected chi connectivity index (χ2v) is 9.22. The molecule has 3 amide bonds. The lowest BCUT2D eigenvalue weighted by molar-refractivity contribution is -0.137. The van der Waals surface area contributed by atoms with E-state index in [1.807, 2.05) is 19.1 Å². The lowest BCUT2D eigenvalue weighted by Gasteiger charge is -2.15. The summed E-state index contributed by atoms with van der Waals surface area (Å²) in [6.07, 6.45) is -2.90. The third-order valence-electron chi connectivity index (χ3n) is 5.11. The number of nitrogens with one attached hydrogen (secondary N) is 3. The van der Waals surface area contributed by atoms with Crippen molar-refractivity contribution in [1.82, 2.24) is 5.43 Å². The first-order chi connectivity index (χ1) is 18.5. The second kappa shape index (κ2) is 13.3. The van der Waals surface area contributed by atoms with Crippen LogP contribution in [0, 0.1) is 0 Å². The summed E-state index contributed by atoms with van der Waals surface area (Å²) in [6, 6.07) is 14.6. The third kappa shape index (κ3) is 8.55. The number of benzene rings is 3. The summed E-state index contributed by atoms with van der Waals surface area (Å²) in [5.74, 6) is -2.71. The van der Waals surface area contributed by atoms with Gasteiger partial charge in [0.05, 0.1) is 17.5 Å². The minimum atomic E-state index is -4.69. The van der Waals surface area contributed by atoms with Crippen LogP contribution in [0.1, 0.15) is 23.6 Å². The molecule has 3 aromatic carbocycles. The number of halogens is 5. The molecule has 0 radical (unpaired) electrons. The van der Waals surface area contributed by atoms with Crippen LogP contribution in [0.3, 0.4) is 0 Å². The van der Waals surface area contributed by atoms with E-state index in [1.165, 1.54) is 24.3 Å². The van der Waals surface area contributed by atoms with Gasteiger partial charge in [-0.2, -0.15) is 18.3 Å². The largest absolute Gasteiger partial charge is 0.483 e. The van der Waals surface area contributed by atoms with Crippen LogP contribution in [-0.4, -0.2) is 30.5 Å². The molecule has 0 aliphatic rings. The summed E-state index contributed by atoms with van der Waals surface area (Å²) in [4.78, 5) is 36.7. The minimum absolute atomic E-state index is 0.0979. The Bertz CT molecular complexity index is 1420. The van der Waals surface area contributed by atoms with Gasteiger partial charge in [-0.05, 0) is 54.4 Å². The number of rotatable bonds is 8. The number of nitrogens with zero attached hydrogens (tertiary/aromatic N) is 1. The maximum Gasteiger partial charge on any atom is 0.418 e. The quantitative estimate of drug-likeness (QED) is 0.167. The Balaban J connectivity index is 1.63. The molecule has 3 N–H and O–H groups in total. The Morgan fingerprint density at radius 3 is 2.46 bits per heavy atom. The van der Waals surface area contributed by atoms with E-state index in [9.17, 15) is 27.6 Å². The molecular formula is C26H21BrClF3N4O4. The van der Waals surface area contributed by atoms with E-state index in [2.05, 4.69) is 37.1 Å². The number of hydrazone groups is 1. The molecule has 0 aromatic heterocycles. The molecule has 0 saturated heterocycles. The highest BCUT2D eigenvalue weighted by Crippen LogP contribution is 2.36. The number of carbonyl (C=O) groups excluding carboxylic acids is 3. The van der Waals surface area contributed by atoms with Crippen molar-refractivity contribution in [2.24, 2.45) is 5.10 Å². The highest BCUT2D eigenvalue weighted by atomic mass is 79.9. The molecule has 0 unspecified atom stereocenters. The van der Waals surface area contributed by atoms with Crippen LogP contribution < -0.4 is 20.8 Å². The highest BCUT2D eigenvalue weighted by molar-refractivity contribution is 9.10. The number of amides is 3. The topological polar surface area (TPSA) is 109 Å². The molecule has 13 heteroatoms. The molecule has 3 rings (SSSR count). The molecular weight excluding hydrogens is 605 g/mol. The number of para-hydroxylation sites is 1. The zero-order chi connectivity index (χ0) is 28.6. The molecule has 0 spiro atoms. The van der Waals surface area contributed by atoms with Gasteiger partial charge in [-0.1, -0.05) is 52.7 Å². The van der Waals surface area contributed by atoms with Crippen molar-refractivity contribution in [2.45, 2.75) is 19.5 Å². The van der Waals surface area contributed by atoms with Gasteiger partial charge in [-0.15, -0.1) is 0 Å². The van der Waals surface area contributed by atoms with Crippen LogP contribution in [0.15, 0.2) is 70.2 Å². The molecule has 0 bridgehead atoms. The van der Waals surface area contributed by atoms with Crippen molar-refractivity contribution in [2.75, 3.05) is 17.2 Å². The van der Waals surface area contributed by atoms with Gasteiger partial charge in [0, 0.05) is 20.7 Å². The number of hydrogen-bond donors (Lipinski definition) is 3. The summed E-state index contributed by atoms with van der Waals surface area (Å²) < 4.78 is 45.5. The van der Waals surface area contributed by atoms with Gasteiger partial charge in [0.1, 0.15) is 5.75 Å². The van der Waals surface area contributed by atoms with Gasteiger partial charge in [-0.3, -0.25) is 14.4 Å². The zero-order valence-corrected chi connectivity index (χ0v) is 22.6. The van der Waals surface area contributed by atoms with E-state index < -0.39 is 41.8 Å². The highest BCUT2D eigenvalue weighted by Gasteiger charge is 2.34. The normalized spacial score (nSPS) is 11.2. The van der Waals surface area contributed by atoms with Gasteiger partial charge < -0.3 is 15.4 Å². The van der Waals surface area contributed by atoms with Gasteiger partial charge in [0.2, 0.25) is 0 Å². The first kappa shape index (κ1) is 29.7. The number of aryl methyl sites for hydroxylation is 1. The molecule has 0 atom stereocenters. The Kier molecular flexibility index (Phi) is 10.1. The van der Waals surface area contributed by atoms with E-state index >= 15 is 0 Å². The molecule has 0 fully saturated rings. The van der Waals surface area contributed by atoms with E-state index in [0.717, 1.165) is 23.9 Å². The SMILES string of the molecule is CCc1ccccc1NC(=O)C(=O)N/N=C\c1cc(Cl)ccc1OCC(=O)Nc1ccc(Br)cc1C(F)(F)F. The summed E-state index contributed by atoms with van der Waals surface area (Å²) in [5, 5.41) is 8.70. The average molecular weight is 626 g/mol. The first-order valence-electron chi connectivity index (χ1n) is 11.3. The standard InChI is InChI=1S/C26H21BrClF3N4O4/c1-2-15-5-3-4-6-20(15)34-24(37)25(38)35-32-13-16-11-18(28)8-10-22(16)39-14-23(36)33-21-9-7-17(27)12-19(21)26(29,30)31/h3-13H,2,14H2,1H3,(H,33,36)(H,34,37)(H,35,38)/b32-13-. The Hall–Kier alpha value is -3.90. The summed E-state index contributed by atoms with van der Waals surface area (Å²) in [7, 11) is 0. The van der Waals surface area contributed by atoms with Crippen LogP contribution in [0.2, 0.25) is 5.02 Å². The fourth-order valence-electron chi connectivity index (χ4n) is 3.28. The van der Waals surface area contributed by atoms with Crippen LogP contribution >= 0.6 is 27.5 Å². The van der Waals surface area contributed by atoms with E-state index in [4.69, 9.17) is 16.3 Å². The maximum atomic E-state index is 13.3. The monoisotopic (exact) mass is 624 g/mol. The smallest absolute Gasteiger partial charge is 0.418 e. The minimum Gasteiger partial charge on any atom is -0.483 e. The van der Waals surface area contributed by atoms with Crippen molar-refractivity contribution in [3.8, 4) is 5.75 Å². The Morgan fingerprint density at radius 2 is 1.74 bits per heavy atom. The number of carbonyl (C=O) groups is 3. The molecule has 0 heterocycles. The number of anilines is 2. The van der Waals surface area contributed by atoms with Crippen LogP contribution in [0.5, 0.6) is 5.75 Å². The fourth-order valence-corrected chi connectivity index (χ4v) is 3.82. The van der Waals surface area contributed by atoms with Crippen LogP contribution in [0.25, 0.3) is 0 Å². The Labute approximate surface area is 234 Å². The van der Waals surface area contributed by atoms with Gasteiger partial charge in [0.15, 0.2) is 6.61 Å². The molecule has 39 heavy (non-hydrogen) atoms. The number of alkyl halides is 3. The second-order valence-electron chi connectivity index (χ2n) is 7.87. The third-order valence-corrected chi connectivity index (χ3v) is 5.84. The average Bonchev–Trinajstić information content (AvgIpc) is 2.88. The summed E-state index contributed by atoms with van der Waals surface area (Å²) in [6.45, 7) is 1.27. The molecule has 0 saturated carbocycles. The van der Waals surface area contributed by atoms with Crippen molar-refractivity contribution in [3.63, 3.8) is 0 Å². The predicted molar refractivity (Wildman–Crippen MR) is 145 cm³/mol. The Morgan fingerprint density at radius 1 is 1.00 bits per heavy atom. The fraction of sp³-hybridized carbons (Fsp3) is 0.154. The number of ether oxygens (including phenoxy) is 1. The predicted octanol–water partition coefficient (Wildman–Crippen LogP) is 5.79. The van der Waals surface area contributed by atoms with E-state index in [1.54, 1.807) is 12.1 Å². The van der Waals surface area contributed by atoms with Gasteiger partial charge in [-0.25, -0.2) is 5.43 Å². The lowest BCUT2D eigenvalue weighted by atomic mass is 10.1. The van der Waals surface area contributed by atoms with Crippen molar-refractivity contribution >= 4 is 62.8 Å². The lowest BCUT2D eigenvalue weighted by Crippen LogP contribution is -2.32. The van der Waals surface area contributed by atoms with Crippen LogP contribution in [0.4, 0.5) is 24.5 Å². The molecule has 8 nitrogen and oxygen atoms in total. The molecule has 204 valence electrons. The maximum absolute atomic E-state index is 13.3. The van der Waals surface area contributed by atoms with Gasteiger partial charge in [0.25, 0.3) is 5.91 Å². The molecule has 0 aliphatic heterocycles.